The van der Waals surface area contributed by atoms with Crippen molar-refractivity contribution in [1.82, 2.24) is 9.88 Å². The summed E-state index contributed by atoms with van der Waals surface area (Å²) in [6, 6.07) is 8.63. The molecule has 4 nitrogen and oxygen atoms in total. The fourth-order valence-corrected chi connectivity index (χ4v) is 3.22. The molecular weight excluding hydrogens is 276 g/mol. The van der Waals surface area contributed by atoms with Gasteiger partial charge in [0.1, 0.15) is 0 Å². The zero-order chi connectivity index (χ0) is 15.4. The molecule has 1 saturated heterocycles. The van der Waals surface area contributed by atoms with Gasteiger partial charge in [0.25, 0.3) is 0 Å². The van der Waals surface area contributed by atoms with Gasteiger partial charge in [0.05, 0.1) is 12.6 Å². The summed E-state index contributed by atoms with van der Waals surface area (Å²) < 4.78 is 7.55. The van der Waals surface area contributed by atoms with Gasteiger partial charge in [-0.2, -0.15) is 0 Å². The highest BCUT2D eigenvalue weighted by atomic mass is 16.5. The average molecular weight is 300 g/mol. The molecule has 0 saturated carbocycles. The number of rotatable bonds is 5. The zero-order valence-electron chi connectivity index (χ0n) is 13.2. The summed E-state index contributed by atoms with van der Waals surface area (Å²) in [5.74, 6) is 0.149. The Morgan fingerprint density at radius 3 is 3.09 bits per heavy atom. The van der Waals surface area contributed by atoms with Gasteiger partial charge in [-0.3, -0.25) is 4.79 Å². The van der Waals surface area contributed by atoms with E-state index in [-0.39, 0.29) is 11.9 Å². The van der Waals surface area contributed by atoms with Crippen LogP contribution in [0, 0.1) is 0 Å². The number of carbonyl (C=O) groups excluding carboxylic acids is 1. The smallest absolute Gasteiger partial charge is 0.220 e. The van der Waals surface area contributed by atoms with Gasteiger partial charge in [-0.15, -0.1) is 0 Å². The van der Waals surface area contributed by atoms with E-state index in [9.17, 15) is 4.79 Å². The minimum atomic E-state index is 0.149. The summed E-state index contributed by atoms with van der Waals surface area (Å²) in [7, 11) is 2.07. The third kappa shape index (κ3) is 3.50. The van der Waals surface area contributed by atoms with Crippen LogP contribution in [0.1, 0.15) is 31.2 Å². The first-order valence-electron chi connectivity index (χ1n) is 8.14. The van der Waals surface area contributed by atoms with Crippen molar-refractivity contribution in [3.05, 3.63) is 36.0 Å². The van der Waals surface area contributed by atoms with Crippen molar-refractivity contribution >= 4 is 16.8 Å². The van der Waals surface area contributed by atoms with Crippen molar-refractivity contribution in [1.29, 1.82) is 0 Å². The van der Waals surface area contributed by atoms with Crippen molar-refractivity contribution in [3.63, 3.8) is 0 Å². The third-order valence-corrected chi connectivity index (χ3v) is 4.35. The molecule has 0 bridgehead atoms. The zero-order valence-corrected chi connectivity index (χ0v) is 13.2. The highest BCUT2D eigenvalue weighted by Gasteiger charge is 2.16. The van der Waals surface area contributed by atoms with Crippen LogP contribution < -0.4 is 5.32 Å². The molecule has 22 heavy (non-hydrogen) atoms. The topological polar surface area (TPSA) is 43.3 Å². The van der Waals surface area contributed by atoms with Gasteiger partial charge in [-0.1, -0.05) is 18.2 Å². The summed E-state index contributed by atoms with van der Waals surface area (Å²) in [5.41, 5.74) is 2.58. The van der Waals surface area contributed by atoms with Crippen LogP contribution in [0.25, 0.3) is 10.9 Å². The Hall–Kier alpha value is -1.81. The number of carbonyl (C=O) groups is 1. The standard InChI is InChI=1S/C18H24N2O2/c1-20-12-14(16-8-2-3-9-17(16)20)6-4-10-18(21)19-15-7-5-11-22-13-15/h2-3,8-9,12,15H,4-7,10-11,13H2,1H3,(H,19,21)/t15-/m0/s1. The average Bonchev–Trinajstić information content (AvgIpc) is 2.85. The maximum Gasteiger partial charge on any atom is 0.220 e. The molecule has 118 valence electrons. The van der Waals surface area contributed by atoms with E-state index < -0.39 is 0 Å². The number of aromatic nitrogens is 1. The maximum absolute atomic E-state index is 12.0. The number of amides is 1. The SMILES string of the molecule is Cn1cc(CCCC(=O)N[C@H]2CCCOC2)c2ccccc21. The van der Waals surface area contributed by atoms with E-state index in [1.807, 2.05) is 0 Å². The largest absolute Gasteiger partial charge is 0.379 e. The number of benzene rings is 1. The van der Waals surface area contributed by atoms with Crippen LogP contribution in [-0.4, -0.2) is 29.7 Å². The van der Waals surface area contributed by atoms with E-state index in [0.717, 1.165) is 32.3 Å². The summed E-state index contributed by atoms with van der Waals surface area (Å²) in [6.45, 7) is 1.49. The predicted molar refractivity (Wildman–Crippen MR) is 87.8 cm³/mol. The molecule has 4 heteroatoms. The molecule has 1 N–H and O–H groups in total. The van der Waals surface area contributed by atoms with Crippen molar-refractivity contribution in [3.8, 4) is 0 Å². The Labute approximate surface area is 131 Å². The minimum Gasteiger partial charge on any atom is -0.379 e. The van der Waals surface area contributed by atoms with Gasteiger partial charge in [0, 0.05) is 37.2 Å². The van der Waals surface area contributed by atoms with Gasteiger partial charge in [-0.05, 0) is 37.3 Å². The Kier molecular flexibility index (Phi) is 4.78. The van der Waals surface area contributed by atoms with Gasteiger partial charge in [0.2, 0.25) is 5.91 Å². The Morgan fingerprint density at radius 2 is 2.27 bits per heavy atom. The molecule has 1 aromatic heterocycles. The highest BCUT2D eigenvalue weighted by molar-refractivity contribution is 5.84. The van der Waals surface area contributed by atoms with Crippen LogP contribution in [0.2, 0.25) is 0 Å². The maximum atomic E-state index is 12.0. The second kappa shape index (κ2) is 6.97. The lowest BCUT2D eigenvalue weighted by Gasteiger charge is -2.23. The first-order chi connectivity index (χ1) is 10.7. The molecule has 0 unspecified atom stereocenters. The normalized spacial score (nSPS) is 18.5. The summed E-state index contributed by atoms with van der Waals surface area (Å²) >= 11 is 0. The van der Waals surface area contributed by atoms with Crippen molar-refractivity contribution in [2.75, 3.05) is 13.2 Å². The van der Waals surface area contributed by atoms with Crippen LogP contribution in [0.4, 0.5) is 0 Å². The Bertz CT molecular complexity index is 642. The number of ether oxygens (including phenoxy) is 1. The fraction of sp³-hybridized carbons (Fsp3) is 0.500. The summed E-state index contributed by atoms with van der Waals surface area (Å²) in [6.07, 6.45) is 6.66. The van der Waals surface area contributed by atoms with E-state index >= 15 is 0 Å². The molecule has 1 aliphatic rings. The van der Waals surface area contributed by atoms with Crippen LogP contribution in [-0.2, 0) is 23.0 Å². The van der Waals surface area contributed by atoms with E-state index in [2.05, 4.69) is 47.4 Å². The number of hydrogen-bond donors (Lipinski definition) is 1. The molecule has 1 aromatic carbocycles. The molecule has 2 aromatic rings. The first kappa shape index (κ1) is 15.1. The van der Waals surface area contributed by atoms with Crippen LogP contribution in [0.3, 0.4) is 0 Å². The molecule has 1 amide bonds. The molecule has 3 rings (SSSR count). The lowest BCUT2D eigenvalue weighted by atomic mass is 10.1. The molecule has 0 aliphatic carbocycles. The monoisotopic (exact) mass is 300 g/mol. The fourth-order valence-electron chi connectivity index (χ4n) is 3.22. The van der Waals surface area contributed by atoms with E-state index in [0.29, 0.717) is 13.0 Å². The Balaban J connectivity index is 1.50. The van der Waals surface area contributed by atoms with Gasteiger partial charge < -0.3 is 14.6 Å². The van der Waals surface area contributed by atoms with Crippen molar-refractivity contribution in [2.24, 2.45) is 7.05 Å². The lowest BCUT2D eigenvalue weighted by Crippen LogP contribution is -2.40. The van der Waals surface area contributed by atoms with Crippen LogP contribution >= 0.6 is 0 Å². The molecule has 0 spiro atoms. The number of nitrogens with zero attached hydrogens (tertiary/aromatic N) is 1. The molecular formula is C18H24N2O2. The second-order valence-electron chi connectivity index (χ2n) is 6.12. The van der Waals surface area contributed by atoms with E-state index in [4.69, 9.17) is 4.74 Å². The first-order valence-corrected chi connectivity index (χ1v) is 8.14. The van der Waals surface area contributed by atoms with Gasteiger partial charge in [0.15, 0.2) is 0 Å². The summed E-state index contributed by atoms with van der Waals surface area (Å²) in [4.78, 5) is 12.0. The van der Waals surface area contributed by atoms with E-state index in [1.165, 1.54) is 16.5 Å². The number of nitrogens with one attached hydrogen (secondary N) is 1. The number of hydrogen-bond acceptors (Lipinski definition) is 2. The number of fused-ring (bicyclic) bond motifs is 1. The third-order valence-electron chi connectivity index (χ3n) is 4.35. The molecule has 1 fully saturated rings. The highest BCUT2D eigenvalue weighted by Crippen LogP contribution is 2.21. The molecule has 0 radical (unpaired) electrons. The number of para-hydroxylation sites is 1. The van der Waals surface area contributed by atoms with Crippen molar-refractivity contribution < 1.29 is 9.53 Å². The van der Waals surface area contributed by atoms with Crippen molar-refractivity contribution in [2.45, 2.75) is 38.1 Å². The molecule has 1 aliphatic heterocycles. The van der Waals surface area contributed by atoms with Gasteiger partial charge >= 0.3 is 0 Å². The predicted octanol–water partition coefficient (Wildman–Crippen LogP) is 2.80. The quantitative estimate of drug-likeness (QED) is 0.922. The van der Waals surface area contributed by atoms with Crippen LogP contribution in [0.15, 0.2) is 30.5 Å². The lowest BCUT2D eigenvalue weighted by molar-refractivity contribution is -0.122. The number of aryl methyl sites for hydroxylation is 2. The minimum absolute atomic E-state index is 0.149. The molecule has 1 atom stereocenters. The second-order valence-corrected chi connectivity index (χ2v) is 6.12. The van der Waals surface area contributed by atoms with Gasteiger partial charge in [-0.25, -0.2) is 0 Å². The van der Waals surface area contributed by atoms with Crippen LogP contribution in [0.5, 0.6) is 0 Å². The van der Waals surface area contributed by atoms with E-state index in [1.54, 1.807) is 0 Å². The molecule has 2 heterocycles. The summed E-state index contributed by atoms with van der Waals surface area (Å²) in [5, 5.41) is 4.38. The Morgan fingerprint density at radius 1 is 1.41 bits per heavy atom.